The third-order valence-electron chi connectivity index (χ3n) is 3.75. The van der Waals surface area contributed by atoms with E-state index in [1.807, 2.05) is 0 Å². The third kappa shape index (κ3) is 1.93. The Kier molecular flexibility index (Phi) is 4.05. The first-order chi connectivity index (χ1) is 6.55. The van der Waals surface area contributed by atoms with Crippen molar-refractivity contribution in [3.05, 3.63) is 0 Å². The van der Waals surface area contributed by atoms with Gasteiger partial charge >= 0.3 is 35.5 Å². The van der Waals surface area contributed by atoms with Crippen LogP contribution in [-0.4, -0.2) is 26.6 Å². The number of ether oxygens (including phenoxy) is 1. The van der Waals surface area contributed by atoms with E-state index in [1.54, 1.807) is 0 Å². The van der Waals surface area contributed by atoms with Gasteiger partial charge < -0.3 is 9.29 Å². The topological polar surface area (TPSA) is 66.4 Å². The van der Waals surface area contributed by atoms with Gasteiger partial charge in [0.1, 0.15) is 0 Å². The van der Waals surface area contributed by atoms with Crippen LogP contribution in [0.2, 0.25) is 0 Å². The molecule has 1 atom stereocenters. The summed E-state index contributed by atoms with van der Waals surface area (Å²) in [7, 11) is 1.36. The van der Waals surface area contributed by atoms with Crippen molar-refractivity contribution in [1.82, 2.24) is 0 Å². The van der Waals surface area contributed by atoms with E-state index < -0.39 is 21.2 Å². The molecule has 2 rings (SSSR count). The van der Waals surface area contributed by atoms with Crippen molar-refractivity contribution in [2.24, 2.45) is 5.41 Å². The van der Waals surface area contributed by atoms with Crippen molar-refractivity contribution in [2.75, 3.05) is 7.11 Å². The smallest absolute Gasteiger partial charge is 0.772 e. The predicted octanol–water partition coefficient (Wildman–Crippen LogP) is -2.25. The van der Waals surface area contributed by atoms with E-state index in [-0.39, 0.29) is 35.5 Å². The van der Waals surface area contributed by atoms with E-state index in [2.05, 4.69) is 0 Å². The van der Waals surface area contributed by atoms with Gasteiger partial charge in [0.2, 0.25) is 0 Å². The summed E-state index contributed by atoms with van der Waals surface area (Å²) in [6.45, 7) is 0. The summed E-state index contributed by atoms with van der Waals surface area (Å²) < 4.78 is 26.3. The molecule has 0 aromatic rings. The zero-order valence-corrected chi connectivity index (χ0v) is 11.9. The summed E-state index contributed by atoms with van der Waals surface area (Å²) in [5.41, 5.74) is -0.491. The molecular formula is C9H13NaO4S. The summed E-state index contributed by atoms with van der Waals surface area (Å²) >= 11 is -2.06. The number of carbonyl (C=O) groups excluding carboxylic acids is 1. The Morgan fingerprint density at radius 3 is 2.20 bits per heavy atom. The first kappa shape index (κ1) is 13.6. The molecular weight excluding hydrogens is 227 g/mol. The van der Waals surface area contributed by atoms with Gasteiger partial charge in [-0.2, -0.15) is 0 Å². The minimum Gasteiger partial charge on any atom is -0.772 e. The maximum Gasteiger partial charge on any atom is 1.00 e. The van der Waals surface area contributed by atoms with E-state index in [4.69, 9.17) is 4.74 Å². The van der Waals surface area contributed by atoms with Gasteiger partial charge in [-0.3, -0.25) is 9.00 Å². The van der Waals surface area contributed by atoms with Crippen LogP contribution in [0.3, 0.4) is 0 Å². The van der Waals surface area contributed by atoms with Crippen LogP contribution in [0, 0.1) is 5.41 Å². The largest absolute Gasteiger partial charge is 1.00 e. The molecule has 80 valence electrons. The van der Waals surface area contributed by atoms with Gasteiger partial charge in [0.15, 0.2) is 0 Å². The van der Waals surface area contributed by atoms with E-state index in [0.717, 1.165) is 0 Å². The van der Waals surface area contributed by atoms with Crippen molar-refractivity contribution in [3.8, 4) is 0 Å². The molecule has 2 fully saturated rings. The quantitative estimate of drug-likeness (QED) is 0.310. The molecule has 15 heavy (non-hydrogen) atoms. The number of rotatable bonds is 2. The summed E-state index contributed by atoms with van der Waals surface area (Å²) in [4.78, 5) is 11.5. The van der Waals surface area contributed by atoms with Gasteiger partial charge in [0, 0.05) is 4.75 Å². The van der Waals surface area contributed by atoms with Crippen LogP contribution < -0.4 is 29.6 Å². The molecule has 1 unspecified atom stereocenters. The van der Waals surface area contributed by atoms with Crippen molar-refractivity contribution in [1.29, 1.82) is 0 Å². The molecule has 6 heteroatoms. The van der Waals surface area contributed by atoms with Crippen molar-refractivity contribution >= 4 is 17.0 Å². The third-order valence-corrected chi connectivity index (χ3v) is 5.01. The van der Waals surface area contributed by atoms with E-state index in [1.165, 1.54) is 7.11 Å². The van der Waals surface area contributed by atoms with Crippen LogP contribution in [0.25, 0.3) is 0 Å². The summed E-state index contributed by atoms with van der Waals surface area (Å²) in [5, 5.41) is 0. The minimum atomic E-state index is -2.06. The molecule has 0 N–H and O–H groups in total. The summed E-state index contributed by atoms with van der Waals surface area (Å²) in [6, 6.07) is 0. The summed E-state index contributed by atoms with van der Waals surface area (Å²) in [6.07, 6.45) is 3.00. The fourth-order valence-corrected chi connectivity index (χ4v) is 3.80. The average Bonchev–Trinajstić information content (AvgIpc) is 2.74. The van der Waals surface area contributed by atoms with Crippen molar-refractivity contribution < 1.29 is 47.9 Å². The Balaban J connectivity index is 0.00000112. The van der Waals surface area contributed by atoms with Crippen molar-refractivity contribution in [2.45, 2.75) is 36.9 Å². The maximum absolute atomic E-state index is 11.5. The second-order valence-electron chi connectivity index (χ2n) is 4.37. The minimum absolute atomic E-state index is 0. The number of carbonyl (C=O) groups is 1. The molecule has 0 radical (unpaired) electrons. The van der Waals surface area contributed by atoms with Crippen LogP contribution >= 0.6 is 0 Å². The Labute approximate surface area is 114 Å². The van der Waals surface area contributed by atoms with Crippen LogP contribution in [0.1, 0.15) is 32.1 Å². The molecule has 0 spiro atoms. The molecule has 0 amide bonds. The standard InChI is InChI=1S/C9H14O4S.Na/c1-13-7(10)8-2-4-9(6-8,5-3-8)14(11)12;/h2-6H2,1H3,(H,11,12);/q;+1/p-1. The fraction of sp³-hybridized carbons (Fsp3) is 0.889. The first-order valence-corrected chi connectivity index (χ1v) is 5.80. The Bertz CT molecular complexity index is 296. The molecule has 2 bridgehead atoms. The van der Waals surface area contributed by atoms with Gasteiger partial charge in [-0.05, 0) is 43.2 Å². The molecule has 0 heterocycles. The first-order valence-electron chi connectivity index (χ1n) is 4.73. The number of methoxy groups -OCH3 is 1. The Morgan fingerprint density at radius 2 is 1.87 bits per heavy atom. The predicted molar refractivity (Wildman–Crippen MR) is 49.2 cm³/mol. The molecule has 2 aliphatic carbocycles. The zero-order chi connectivity index (χ0) is 10.4. The van der Waals surface area contributed by atoms with Gasteiger partial charge in [-0.15, -0.1) is 0 Å². The Hall–Kier alpha value is 0.580. The molecule has 4 nitrogen and oxygen atoms in total. The Morgan fingerprint density at radius 1 is 1.33 bits per heavy atom. The normalized spacial score (nSPS) is 39.6. The van der Waals surface area contributed by atoms with Gasteiger partial charge in [-0.1, -0.05) is 0 Å². The van der Waals surface area contributed by atoms with Gasteiger partial charge in [0.05, 0.1) is 12.5 Å². The van der Waals surface area contributed by atoms with Crippen molar-refractivity contribution in [3.63, 3.8) is 0 Å². The van der Waals surface area contributed by atoms with Gasteiger partial charge in [0.25, 0.3) is 0 Å². The number of fused-ring (bicyclic) bond motifs is 2. The fourth-order valence-electron chi connectivity index (χ4n) is 2.87. The number of hydrogen-bond donors (Lipinski definition) is 0. The second kappa shape index (κ2) is 4.45. The second-order valence-corrected chi connectivity index (χ2v) is 5.70. The SMILES string of the molecule is COC(=O)C12CCC(S(=O)[O-])(CC1)C2.[Na+]. The summed E-state index contributed by atoms with van der Waals surface area (Å²) in [5.74, 6) is -0.234. The monoisotopic (exact) mass is 240 g/mol. The molecule has 2 saturated carbocycles. The molecule has 2 aliphatic rings. The van der Waals surface area contributed by atoms with Crippen LogP contribution in [0.4, 0.5) is 0 Å². The average molecular weight is 240 g/mol. The molecule has 0 aromatic heterocycles. The van der Waals surface area contributed by atoms with Crippen LogP contribution in [0.15, 0.2) is 0 Å². The zero-order valence-electron chi connectivity index (χ0n) is 9.08. The molecule has 0 aromatic carbocycles. The van der Waals surface area contributed by atoms with E-state index >= 15 is 0 Å². The van der Waals surface area contributed by atoms with E-state index in [9.17, 15) is 13.6 Å². The molecule has 0 aliphatic heterocycles. The molecule has 0 saturated heterocycles. The van der Waals surface area contributed by atoms with E-state index in [0.29, 0.717) is 32.1 Å². The van der Waals surface area contributed by atoms with Crippen LogP contribution in [-0.2, 0) is 20.6 Å². The van der Waals surface area contributed by atoms with Gasteiger partial charge in [-0.25, -0.2) is 0 Å². The maximum atomic E-state index is 11.5. The number of hydrogen-bond acceptors (Lipinski definition) is 4. The number of esters is 1. The van der Waals surface area contributed by atoms with Crippen LogP contribution in [0.5, 0.6) is 0 Å².